The highest BCUT2D eigenvalue weighted by molar-refractivity contribution is 7.10. The van der Waals surface area contributed by atoms with Crippen LogP contribution in [0.3, 0.4) is 0 Å². The van der Waals surface area contributed by atoms with Crippen molar-refractivity contribution in [1.29, 1.82) is 0 Å². The minimum atomic E-state index is -0.944. The maximum atomic E-state index is 11.6. The number of carboxylic acids is 1. The highest BCUT2D eigenvalue weighted by atomic mass is 32.1. The third-order valence-electron chi connectivity index (χ3n) is 2.67. The van der Waals surface area contributed by atoms with Gasteiger partial charge < -0.3 is 15.2 Å². The maximum Gasteiger partial charge on any atom is 0.311 e. The van der Waals surface area contributed by atoms with E-state index in [-0.39, 0.29) is 19.1 Å². The smallest absolute Gasteiger partial charge is 0.311 e. The van der Waals surface area contributed by atoms with Gasteiger partial charge in [-0.2, -0.15) is 0 Å². The molecule has 2 atom stereocenters. The number of ether oxygens (including phenoxy) is 1. The van der Waals surface area contributed by atoms with Crippen LogP contribution < -0.4 is 5.32 Å². The average Bonchev–Trinajstić information content (AvgIpc) is 2.96. The van der Waals surface area contributed by atoms with Crippen LogP contribution in [0.25, 0.3) is 6.08 Å². The molecule has 5 nitrogen and oxygen atoms in total. The molecule has 1 aliphatic heterocycles. The van der Waals surface area contributed by atoms with Crippen LogP contribution in [0.5, 0.6) is 0 Å². The average molecular weight is 267 g/mol. The summed E-state index contributed by atoms with van der Waals surface area (Å²) in [4.78, 5) is 23.5. The molecule has 1 saturated heterocycles. The second-order valence-corrected chi connectivity index (χ2v) is 4.93. The topological polar surface area (TPSA) is 75.6 Å². The fourth-order valence-corrected chi connectivity index (χ4v) is 2.33. The van der Waals surface area contributed by atoms with Crippen molar-refractivity contribution in [3.63, 3.8) is 0 Å². The predicted molar refractivity (Wildman–Crippen MR) is 67.2 cm³/mol. The molecule has 2 heterocycles. The van der Waals surface area contributed by atoms with Gasteiger partial charge in [0.25, 0.3) is 0 Å². The first-order valence-corrected chi connectivity index (χ1v) is 6.37. The predicted octanol–water partition coefficient (Wildman–Crippen LogP) is 0.977. The van der Waals surface area contributed by atoms with Crippen molar-refractivity contribution in [3.05, 3.63) is 28.5 Å². The number of rotatable bonds is 4. The lowest BCUT2D eigenvalue weighted by Gasteiger charge is -2.13. The molecule has 2 N–H and O–H groups in total. The van der Waals surface area contributed by atoms with Gasteiger partial charge in [0.15, 0.2) is 0 Å². The molecule has 1 fully saturated rings. The molecule has 0 aromatic carbocycles. The molecule has 1 aromatic rings. The van der Waals surface area contributed by atoms with Gasteiger partial charge in [-0.05, 0) is 17.5 Å². The highest BCUT2D eigenvalue weighted by Crippen LogP contribution is 2.14. The van der Waals surface area contributed by atoms with Crippen molar-refractivity contribution in [1.82, 2.24) is 5.32 Å². The van der Waals surface area contributed by atoms with E-state index in [0.29, 0.717) is 0 Å². The number of carbonyl (C=O) groups excluding carboxylic acids is 1. The summed E-state index contributed by atoms with van der Waals surface area (Å²) in [5.41, 5.74) is 0. The zero-order chi connectivity index (χ0) is 13.0. The Morgan fingerprint density at radius 3 is 3.00 bits per heavy atom. The fraction of sp³-hybridized carbons (Fsp3) is 0.333. The minimum Gasteiger partial charge on any atom is -0.481 e. The number of hydrogen-bond donors (Lipinski definition) is 2. The molecule has 0 spiro atoms. The monoisotopic (exact) mass is 267 g/mol. The van der Waals surface area contributed by atoms with E-state index < -0.39 is 17.9 Å². The van der Waals surface area contributed by atoms with Gasteiger partial charge in [0.05, 0.1) is 19.3 Å². The molecular formula is C12H13NO4S. The third kappa shape index (κ3) is 3.18. The van der Waals surface area contributed by atoms with E-state index in [9.17, 15) is 9.59 Å². The van der Waals surface area contributed by atoms with Crippen LogP contribution in [-0.4, -0.2) is 36.2 Å². The lowest BCUT2D eigenvalue weighted by atomic mass is 10.0. The van der Waals surface area contributed by atoms with Gasteiger partial charge in [0, 0.05) is 11.0 Å². The molecule has 0 aliphatic carbocycles. The van der Waals surface area contributed by atoms with E-state index in [1.54, 1.807) is 6.08 Å². The first-order valence-electron chi connectivity index (χ1n) is 5.49. The Morgan fingerprint density at radius 2 is 2.33 bits per heavy atom. The lowest BCUT2D eigenvalue weighted by Crippen LogP contribution is -2.41. The quantitative estimate of drug-likeness (QED) is 0.797. The Morgan fingerprint density at radius 1 is 1.50 bits per heavy atom. The van der Waals surface area contributed by atoms with Gasteiger partial charge in [-0.3, -0.25) is 9.59 Å². The van der Waals surface area contributed by atoms with Gasteiger partial charge in [-0.25, -0.2) is 0 Å². The number of nitrogens with one attached hydrogen (secondary N) is 1. The molecule has 1 aromatic heterocycles. The molecular weight excluding hydrogens is 254 g/mol. The van der Waals surface area contributed by atoms with E-state index in [4.69, 9.17) is 9.84 Å². The second kappa shape index (κ2) is 5.79. The fourth-order valence-electron chi connectivity index (χ4n) is 1.71. The number of aliphatic carboxylic acids is 1. The molecule has 2 rings (SSSR count). The number of carboxylic acid groups (broad SMARTS) is 1. The summed E-state index contributed by atoms with van der Waals surface area (Å²) < 4.78 is 5.06. The first kappa shape index (κ1) is 12.8. The summed E-state index contributed by atoms with van der Waals surface area (Å²) in [6.45, 7) is 0.393. The largest absolute Gasteiger partial charge is 0.481 e. The molecule has 0 saturated carbocycles. The molecule has 2 unspecified atom stereocenters. The van der Waals surface area contributed by atoms with Crippen molar-refractivity contribution in [2.45, 2.75) is 6.04 Å². The van der Waals surface area contributed by atoms with Crippen LogP contribution in [-0.2, 0) is 14.3 Å². The summed E-state index contributed by atoms with van der Waals surface area (Å²) in [6.07, 6.45) is 3.11. The minimum absolute atomic E-state index is 0.148. The van der Waals surface area contributed by atoms with Crippen LogP contribution in [0.4, 0.5) is 0 Å². The molecule has 1 amide bonds. The lowest BCUT2D eigenvalue weighted by molar-refractivity contribution is -0.142. The van der Waals surface area contributed by atoms with Crippen molar-refractivity contribution < 1.29 is 19.4 Å². The van der Waals surface area contributed by atoms with Gasteiger partial charge in [0.1, 0.15) is 5.92 Å². The third-order valence-corrected chi connectivity index (χ3v) is 3.51. The molecule has 0 bridgehead atoms. The van der Waals surface area contributed by atoms with Crippen molar-refractivity contribution in [2.75, 3.05) is 13.2 Å². The Hall–Kier alpha value is -1.66. The molecule has 18 heavy (non-hydrogen) atoms. The van der Waals surface area contributed by atoms with E-state index >= 15 is 0 Å². The van der Waals surface area contributed by atoms with E-state index in [1.807, 2.05) is 17.5 Å². The Bertz CT molecular complexity index is 455. The number of thiophene rings is 1. The SMILES string of the molecule is O=C(C=Cc1cccs1)NC1COCC1C(=O)O. The van der Waals surface area contributed by atoms with Gasteiger partial charge >= 0.3 is 5.97 Å². The first-order chi connectivity index (χ1) is 8.66. The van der Waals surface area contributed by atoms with Crippen molar-refractivity contribution >= 4 is 29.3 Å². The van der Waals surface area contributed by atoms with Crippen LogP contribution in [0.15, 0.2) is 23.6 Å². The zero-order valence-corrected chi connectivity index (χ0v) is 10.4. The second-order valence-electron chi connectivity index (χ2n) is 3.95. The van der Waals surface area contributed by atoms with E-state index in [1.165, 1.54) is 17.4 Å². The van der Waals surface area contributed by atoms with E-state index in [2.05, 4.69) is 5.32 Å². The van der Waals surface area contributed by atoms with Gasteiger partial charge in [-0.15, -0.1) is 11.3 Å². The number of hydrogen-bond acceptors (Lipinski definition) is 4. The summed E-state index contributed by atoms with van der Waals surface area (Å²) in [6, 6.07) is 3.34. The van der Waals surface area contributed by atoms with Gasteiger partial charge in [0.2, 0.25) is 5.91 Å². The summed E-state index contributed by atoms with van der Waals surface area (Å²) in [5, 5.41) is 13.5. The number of carbonyl (C=O) groups is 2. The Balaban J connectivity index is 1.89. The zero-order valence-electron chi connectivity index (χ0n) is 9.54. The van der Waals surface area contributed by atoms with Crippen molar-refractivity contribution in [3.8, 4) is 0 Å². The normalized spacial score (nSPS) is 23.3. The summed E-state index contributed by atoms with van der Waals surface area (Å²) in [5.74, 6) is -1.91. The summed E-state index contributed by atoms with van der Waals surface area (Å²) in [7, 11) is 0. The highest BCUT2D eigenvalue weighted by Gasteiger charge is 2.34. The molecule has 6 heteroatoms. The van der Waals surface area contributed by atoms with Crippen LogP contribution in [0, 0.1) is 5.92 Å². The Kier molecular flexibility index (Phi) is 4.11. The summed E-state index contributed by atoms with van der Waals surface area (Å²) >= 11 is 1.53. The standard InChI is InChI=1S/C12H13NO4S/c14-11(4-3-8-2-1-5-18-8)13-10-7-17-6-9(10)12(15)16/h1-5,9-10H,6-7H2,(H,13,14)(H,15,16). The molecule has 1 aliphatic rings. The van der Waals surface area contributed by atoms with E-state index in [0.717, 1.165) is 4.88 Å². The molecule has 0 radical (unpaired) electrons. The van der Waals surface area contributed by atoms with Crippen LogP contribution in [0.2, 0.25) is 0 Å². The molecule has 96 valence electrons. The maximum absolute atomic E-state index is 11.6. The Labute approximate surface area is 108 Å². The van der Waals surface area contributed by atoms with Crippen LogP contribution in [0.1, 0.15) is 4.88 Å². The number of amides is 1. The van der Waals surface area contributed by atoms with Crippen LogP contribution >= 0.6 is 11.3 Å². The van der Waals surface area contributed by atoms with Crippen molar-refractivity contribution in [2.24, 2.45) is 5.92 Å². The van der Waals surface area contributed by atoms with Gasteiger partial charge in [-0.1, -0.05) is 6.07 Å².